The molecule has 0 bridgehead atoms. The molecular weight excluding hydrogens is 1680 g/mol. The highest BCUT2D eigenvalue weighted by Crippen LogP contribution is 2.47. The van der Waals surface area contributed by atoms with Crippen LogP contribution in [0.2, 0.25) is 0 Å². The monoisotopic (exact) mass is 1870 g/mol. The van der Waals surface area contributed by atoms with Gasteiger partial charge in [0, 0.05) is 17.8 Å². The number of rotatable bonds is 2. The maximum atomic E-state index is 11.8. The fourth-order valence-corrected chi connectivity index (χ4v) is 20.8. The van der Waals surface area contributed by atoms with Gasteiger partial charge in [-0.15, -0.1) is 13.2 Å². The van der Waals surface area contributed by atoms with Crippen LogP contribution < -0.4 is 0 Å². The molecular formula is C129H183F3N2O3. The molecule has 0 aromatic heterocycles. The Kier molecular flexibility index (Phi) is 54.2. The predicted octanol–water partition coefficient (Wildman–Crippen LogP) is 40.3. The minimum absolute atomic E-state index is 0.178. The van der Waals surface area contributed by atoms with E-state index in [1.807, 2.05) is 13.0 Å². The van der Waals surface area contributed by atoms with E-state index >= 15 is 0 Å². The third-order valence-electron chi connectivity index (χ3n) is 28.4. The lowest BCUT2D eigenvalue weighted by Crippen LogP contribution is -2.26. The van der Waals surface area contributed by atoms with Crippen molar-refractivity contribution in [2.24, 2.45) is 59.2 Å². The van der Waals surface area contributed by atoms with Crippen molar-refractivity contribution >= 4 is 11.1 Å². The van der Waals surface area contributed by atoms with Gasteiger partial charge in [-0.2, -0.15) is 5.26 Å². The fourth-order valence-electron chi connectivity index (χ4n) is 20.8. The number of fused-ring (bicyclic) bond motifs is 3. The summed E-state index contributed by atoms with van der Waals surface area (Å²) >= 11 is 0. The van der Waals surface area contributed by atoms with E-state index in [2.05, 4.69) is 318 Å². The van der Waals surface area contributed by atoms with Crippen molar-refractivity contribution in [3.63, 3.8) is 0 Å². The Morgan fingerprint density at radius 1 is 0.328 bits per heavy atom. The third kappa shape index (κ3) is 48.8. The molecule has 0 amide bonds. The highest BCUT2D eigenvalue weighted by molar-refractivity contribution is 5.94. The van der Waals surface area contributed by atoms with Crippen LogP contribution in [-0.2, 0) is 4.74 Å². The maximum Gasteiger partial charge on any atom is 0.522 e. The number of nitriles is 1. The normalized spacial score (nSPS) is 26.2. The Balaban J connectivity index is 0.000000309. The molecule has 0 heterocycles. The second-order valence-electron chi connectivity index (χ2n) is 43.1. The van der Waals surface area contributed by atoms with Crippen LogP contribution in [0.4, 0.5) is 13.2 Å². The number of benzene rings is 1. The Labute approximate surface area is 835 Å². The predicted molar refractivity (Wildman–Crippen MR) is 594 cm³/mol. The van der Waals surface area contributed by atoms with Gasteiger partial charge in [0.15, 0.2) is 0 Å². The minimum atomic E-state index is -4.54. The van der Waals surface area contributed by atoms with E-state index in [0.29, 0.717) is 36.7 Å². The van der Waals surface area contributed by atoms with Gasteiger partial charge in [0.1, 0.15) is 0 Å². The summed E-state index contributed by atoms with van der Waals surface area (Å²) in [4.78, 5) is 10.2. The molecule has 16 aliphatic rings. The van der Waals surface area contributed by atoms with E-state index < -0.39 is 18.5 Å². The first kappa shape index (κ1) is 120. The molecule has 2 fully saturated rings. The molecule has 748 valence electrons. The summed E-state index contributed by atoms with van der Waals surface area (Å²) in [6.07, 6.45) is 64.8. The fraction of sp³-hybridized carbons (Fsp3) is 0.512. The highest BCUT2D eigenvalue weighted by Gasteiger charge is 2.36. The van der Waals surface area contributed by atoms with Gasteiger partial charge >= 0.3 is 6.36 Å². The van der Waals surface area contributed by atoms with E-state index in [1.54, 1.807) is 24.1 Å². The molecule has 1 aromatic rings. The summed E-state index contributed by atoms with van der Waals surface area (Å²) in [7, 11) is 0. The van der Waals surface area contributed by atoms with Crippen molar-refractivity contribution in [2.75, 3.05) is 0 Å². The van der Waals surface area contributed by atoms with Crippen LogP contribution in [-0.4, -0.2) is 23.4 Å². The Hall–Kier alpha value is -9.42. The molecule has 0 saturated heterocycles. The minimum Gasteiger partial charge on any atom is -0.288 e. The Morgan fingerprint density at radius 3 is 1.18 bits per heavy atom. The zero-order valence-corrected chi connectivity index (χ0v) is 89.5. The summed E-state index contributed by atoms with van der Waals surface area (Å²) in [5.74, 6) is 7.44. The number of halogens is 3. The smallest absolute Gasteiger partial charge is 0.288 e. The molecule has 5 nitrogen and oxygen atoms in total. The van der Waals surface area contributed by atoms with E-state index in [1.165, 1.54) is 302 Å². The SMILES string of the molecule is C=C1C=C(C)C(C)C1.C=C1C=C(C)C2CCCC12.C=C1C=C(C)C2CCCCC12.C=C1C=C(C)CC(C#N)C1.C=C1C=C(C)CC(C)CC1.C=C1C=C(C)CC(OC(F)(F)F)C1.C=C1C=C(C)CC([N+](=O)[O-])C1.C=C1C=C(C)CC1.C=C1C=C(C)CC1C.C=C1C=C(C)CCC(C)C1.C=C1C=C(C)CCCC1.C=C1C=C(C)CCCC1.C=C1C=C(C)CCCC1C.C=C1C=C(C)c2ccccc21. The van der Waals surface area contributed by atoms with Gasteiger partial charge in [0.25, 0.3) is 0 Å². The van der Waals surface area contributed by atoms with Crippen LogP contribution in [0, 0.1) is 80.6 Å². The summed E-state index contributed by atoms with van der Waals surface area (Å²) < 4.78 is 39.4. The molecule has 0 aliphatic heterocycles. The number of hydrogen-bond acceptors (Lipinski definition) is 4. The topological polar surface area (TPSA) is 76.2 Å². The van der Waals surface area contributed by atoms with Gasteiger partial charge < -0.3 is 0 Å². The molecule has 8 heteroatoms. The molecule has 1 aromatic carbocycles. The van der Waals surface area contributed by atoms with E-state index in [0.717, 1.165) is 82.1 Å². The largest absolute Gasteiger partial charge is 0.522 e. The van der Waals surface area contributed by atoms with Crippen molar-refractivity contribution in [2.45, 2.75) is 368 Å². The van der Waals surface area contributed by atoms with E-state index in [4.69, 9.17) is 5.26 Å². The van der Waals surface area contributed by atoms with Crippen LogP contribution in [0.3, 0.4) is 0 Å². The molecule has 0 radical (unpaired) electrons. The number of allylic oxidation sites excluding steroid dienone is 38. The van der Waals surface area contributed by atoms with Crippen molar-refractivity contribution in [1.82, 2.24) is 0 Å². The average molecular weight is 1870 g/mol. The molecule has 0 N–H and O–H groups in total. The molecule has 0 spiro atoms. The zero-order valence-electron chi connectivity index (χ0n) is 89.5. The van der Waals surface area contributed by atoms with Gasteiger partial charge in [-0.3, -0.25) is 14.9 Å². The first-order valence-corrected chi connectivity index (χ1v) is 51.7. The van der Waals surface area contributed by atoms with Gasteiger partial charge in [-0.1, -0.05) is 395 Å². The van der Waals surface area contributed by atoms with Gasteiger partial charge in [0.05, 0.1) is 18.1 Å². The summed E-state index contributed by atoms with van der Waals surface area (Å²) in [5.41, 5.74) is 39.2. The second kappa shape index (κ2) is 61.9. The standard InChI is InChI=1S/C11H16.C11H10.C10H14.3C10H16.C9H11F3O.C9H11N.2C9H14.C8H11NO2.2C8H12.C7H10/c2*1-8-7-9(2)11-6-4-3-5-10(8)11;1-7-6-8(2)10-5-3-4-9(7)10;2*1-8-4-5-9(2)7-10(3)6-8;1-8-5-4-6-9(2)10(3)7-8;1-6-3-7(2)5-8(4-6)13-9(10,11)12;1-7-3-8(2)5-9(4-7)6-10;2*1-8-5-3-4-6-9(2)7-8;1-6-3-7(2)5-8(4-6)9(10)11;2*1-6-4-7(2)8(3)5-6;1-6-3-4-7(2)5-6/h7,10-11H,1,3-6H2,2H3;3-7H,1H2,2H3;6,9-10H,1,3-5H2,2H3;6,9H,3-5,7H2,1-2H3;6,9H,1,4-5,7H2,2-3H3;7,9H,3-6H2,1-2H3;3,8H,1,4-5H2,2H3;3,9H,1,4-5H2,2H3;2*7H,1,3-6H2,2H3;3,8H,1,4-5H2,2H3;4,8H,2,5H2,1,3H3;4,8H,1,5H2,2-3H3;5H,1,3-4H2,2H3. The second-order valence-corrected chi connectivity index (χ2v) is 43.1. The van der Waals surface area contributed by atoms with Crippen LogP contribution in [0.25, 0.3) is 11.1 Å². The average Bonchev–Trinajstić information content (AvgIpc) is 1.69. The maximum absolute atomic E-state index is 11.8. The third-order valence-corrected chi connectivity index (χ3v) is 28.4. The molecule has 137 heavy (non-hydrogen) atoms. The summed E-state index contributed by atoms with van der Waals surface area (Å²) in [5, 5.41) is 19.0. The van der Waals surface area contributed by atoms with Crippen LogP contribution in [0.15, 0.2) is 346 Å². The molecule has 12 unspecified atom stereocenters. The number of nitrogens with zero attached hydrogens (tertiary/aromatic N) is 2. The quantitative estimate of drug-likeness (QED) is 0.218. The number of ether oxygens (including phenoxy) is 1. The lowest BCUT2D eigenvalue weighted by atomic mass is 9.78. The van der Waals surface area contributed by atoms with Gasteiger partial charge in [0.2, 0.25) is 6.04 Å². The van der Waals surface area contributed by atoms with E-state index in [9.17, 15) is 23.3 Å². The highest BCUT2D eigenvalue weighted by atomic mass is 19.4. The lowest BCUT2D eigenvalue weighted by Gasteiger charge is -2.27. The first-order chi connectivity index (χ1) is 64.4. The van der Waals surface area contributed by atoms with Crippen LogP contribution in [0.1, 0.15) is 361 Å². The molecule has 12 atom stereocenters. The van der Waals surface area contributed by atoms with Gasteiger partial charge in [-0.05, 0) is 364 Å². The van der Waals surface area contributed by atoms with Crippen LogP contribution in [0.5, 0.6) is 0 Å². The number of nitro groups is 1. The number of hydrogen-bond donors (Lipinski definition) is 0. The Morgan fingerprint density at radius 2 is 0.730 bits per heavy atom. The van der Waals surface area contributed by atoms with Crippen molar-refractivity contribution in [3.05, 3.63) is 368 Å². The number of alkyl halides is 3. The molecule has 2 saturated carbocycles. The summed E-state index contributed by atoms with van der Waals surface area (Å²) in [6.45, 7) is 96.0. The van der Waals surface area contributed by atoms with Crippen molar-refractivity contribution < 1.29 is 22.8 Å². The first-order valence-electron chi connectivity index (χ1n) is 51.7. The zero-order chi connectivity index (χ0) is 103. The summed E-state index contributed by atoms with van der Waals surface area (Å²) in [6, 6.07) is 10.2. The van der Waals surface area contributed by atoms with Crippen LogP contribution >= 0.6 is 0 Å². The van der Waals surface area contributed by atoms with Crippen molar-refractivity contribution in [1.29, 1.82) is 5.26 Å². The van der Waals surface area contributed by atoms with Crippen molar-refractivity contribution in [3.8, 4) is 6.07 Å². The van der Waals surface area contributed by atoms with E-state index in [-0.39, 0.29) is 17.3 Å². The lowest BCUT2D eigenvalue weighted by molar-refractivity contribution is -0.521. The molecule has 16 aliphatic carbocycles. The molecule has 17 rings (SSSR count). The Bertz CT molecular complexity index is 4910. The van der Waals surface area contributed by atoms with Gasteiger partial charge in [-0.25, -0.2) is 0 Å².